The van der Waals surface area contributed by atoms with Gasteiger partial charge < -0.3 is 19.5 Å². The maximum atomic E-state index is 13.5. The fraction of sp³-hybridized carbons (Fsp3) is 0.211. The standard InChI is InChI=1S/C19H19F2NO4/c1-24-16-8-12(9-17(25-2)19(16)26-3)4-7-18(23)22-11-13-10-14(20)5-6-15(13)21/h4-10H,11H2,1-3H3,(H,22,23). The summed E-state index contributed by atoms with van der Waals surface area (Å²) >= 11 is 0. The van der Waals surface area contributed by atoms with Gasteiger partial charge in [-0.2, -0.15) is 0 Å². The molecule has 0 aromatic heterocycles. The molecule has 26 heavy (non-hydrogen) atoms. The molecule has 5 nitrogen and oxygen atoms in total. The summed E-state index contributed by atoms with van der Waals surface area (Å²) in [6.07, 6.45) is 2.82. The van der Waals surface area contributed by atoms with Crippen LogP contribution in [0.25, 0.3) is 6.08 Å². The van der Waals surface area contributed by atoms with Crippen molar-refractivity contribution in [3.8, 4) is 17.2 Å². The fourth-order valence-electron chi connectivity index (χ4n) is 2.29. The summed E-state index contributed by atoms with van der Waals surface area (Å²) < 4.78 is 42.4. The first-order valence-corrected chi connectivity index (χ1v) is 7.68. The number of halogens is 2. The van der Waals surface area contributed by atoms with Crippen molar-refractivity contribution < 1.29 is 27.8 Å². The molecule has 0 saturated carbocycles. The zero-order valence-corrected chi connectivity index (χ0v) is 14.6. The van der Waals surface area contributed by atoms with Crippen molar-refractivity contribution in [3.63, 3.8) is 0 Å². The van der Waals surface area contributed by atoms with Crippen LogP contribution in [0.3, 0.4) is 0 Å². The average molecular weight is 363 g/mol. The van der Waals surface area contributed by atoms with E-state index >= 15 is 0 Å². The van der Waals surface area contributed by atoms with Gasteiger partial charge in [0.25, 0.3) is 0 Å². The van der Waals surface area contributed by atoms with Gasteiger partial charge in [0.05, 0.1) is 21.3 Å². The smallest absolute Gasteiger partial charge is 0.244 e. The molecule has 0 bridgehead atoms. The van der Waals surface area contributed by atoms with E-state index in [1.165, 1.54) is 27.4 Å². The number of hydrogen-bond acceptors (Lipinski definition) is 4. The minimum atomic E-state index is -0.583. The molecule has 0 spiro atoms. The van der Waals surface area contributed by atoms with Crippen LogP contribution < -0.4 is 19.5 Å². The summed E-state index contributed by atoms with van der Waals surface area (Å²) in [7, 11) is 4.48. The summed E-state index contributed by atoms with van der Waals surface area (Å²) in [6.45, 7) is -0.123. The normalized spacial score (nSPS) is 10.7. The van der Waals surface area contributed by atoms with Gasteiger partial charge in [-0.25, -0.2) is 8.78 Å². The Hall–Kier alpha value is -3.09. The second-order valence-electron chi connectivity index (χ2n) is 5.25. The summed E-state index contributed by atoms with van der Waals surface area (Å²) in [6, 6.07) is 6.43. The lowest BCUT2D eigenvalue weighted by Gasteiger charge is -2.12. The Morgan fingerprint density at radius 1 is 1.04 bits per heavy atom. The van der Waals surface area contributed by atoms with Crippen LogP contribution in [0.5, 0.6) is 17.2 Å². The first-order valence-electron chi connectivity index (χ1n) is 7.68. The SMILES string of the molecule is COc1cc(C=CC(=O)NCc2cc(F)ccc2F)cc(OC)c1OC. The lowest BCUT2D eigenvalue weighted by atomic mass is 10.1. The monoisotopic (exact) mass is 363 g/mol. The second-order valence-corrected chi connectivity index (χ2v) is 5.25. The average Bonchev–Trinajstić information content (AvgIpc) is 2.65. The van der Waals surface area contributed by atoms with Crippen LogP contribution in [0.4, 0.5) is 8.78 Å². The van der Waals surface area contributed by atoms with Crippen molar-refractivity contribution in [3.05, 3.63) is 59.2 Å². The number of hydrogen-bond donors (Lipinski definition) is 1. The topological polar surface area (TPSA) is 56.8 Å². The quantitative estimate of drug-likeness (QED) is 0.767. The molecule has 0 aliphatic heterocycles. The van der Waals surface area contributed by atoms with Gasteiger partial charge >= 0.3 is 0 Å². The number of benzene rings is 2. The molecule has 0 aliphatic carbocycles. The highest BCUT2D eigenvalue weighted by Crippen LogP contribution is 2.38. The summed E-state index contributed by atoms with van der Waals surface area (Å²) in [5, 5.41) is 2.50. The van der Waals surface area contributed by atoms with Gasteiger partial charge in [-0.1, -0.05) is 0 Å². The molecule has 0 unspecified atom stereocenters. The summed E-state index contributed by atoms with van der Waals surface area (Å²) in [4.78, 5) is 11.9. The van der Waals surface area contributed by atoms with Crippen molar-refractivity contribution in [1.29, 1.82) is 0 Å². The molecule has 0 aliphatic rings. The van der Waals surface area contributed by atoms with Gasteiger partial charge in [-0.05, 0) is 42.0 Å². The fourth-order valence-corrected chi connectivity index (χ4v) is 2.29. The molecule has 0 fully saturated rings. The van der Waals surface area contributed by atoms with Crippen LogP contribution in [-0.4, -0.2) is 27.2 Å². The van der Waals surface area contributed by atoms with E-state index in [0.717, 1.165) is 18.2 Å². The molecule has 1 amide bonds. The molecule has 7 heteroatoms. The van der Waals surface area contributed by atoms with Crippen molar-refractivity contribution in [1.82, 2.24) is 5.32 Å². The highest BCUT2D eigenvalue weighted by Gasteiger charge is 2.12. The first kappa shape index (κ1) is 19.2. The Kier molecular flexibility index (Phi) is 6.54. The van der Waals surface area contributed by atoms with E-state index in [1.807, 2.05) is 0 Å². The van der Waals surface area contributed by atoms with Crippen molar-refractivity contribution >= 4 is 12.0 Å². The summed E-state index contributed by atoms with van der Waals surface area (Å²) in [5.41, 5.74) is 0.714. The Bertz CT molecular complexity index is 796. The Labute approximate surface area is 150 Å². The van der Waals surface area contributed by atoms with Gasteiger partial charge in [-0.15, -0.1) is 0 Å². The number of methoxy groups -OCH3 is 3. The Balaban J connectivity index is 2.09. The largest absolute Gasteiger partial charge is 0.493 e. The minimum absolute atomic E-state index is 0.0690. The Morgan fingerprint density at radius 3 is 2.27 bits per heavy atom. The lowest BCUT2D eigenvalue weighted by Crippen LogP contribution is -2.21. The highest BCUT2D eigenvalue weighted by molar-refractivity contribution is 5.91. The number of amides is 1. The third-order valence-corrected chi connectivity index (χ3v) is 3.58. The summed E-state index contributed by atoms with van der Waals surface area (Å²) in [5.74, 6) is -0.257. The van der Waals surface area contributed by atoms with Crippen LogP contribution in [0.1, 0.15) is 11.1 Å². The van der Waals surface area contributed by atoms with E-state index in [4.69, 9.17) is 14.2 Å². The predicted molar refractivity (Wildman–Crippen MR) is 93.3 cm³/mol. The van der Waals surface area contributed by atoms with Crippen LogP contribution in [0.2, 0.25) is 0 Å². The molecule has 2 aromatic rings. The van der Waals surface area contributed by atoms with Crippen molar-refractivity contribution in [2.75, 3.05) is 21.3 Å². The molecule has 0 saturated heterocycles. The molecule has 2 aromatic carbocycles. The van der Waals surface area contributed by atoms with Crippen molar-refractivity contribution in [2.24, 2.45) is 0 Å². The third kappa shape index (κ3) is 4.72. The maximum Gasteiger partial charge on any atom is 0.244 e. The number of carbonyl (C=O) groups is 1. The van der Waals surface area contributed by atoms with Gasteiger partial charge in [0, 0.05) is 18.2 Å². The molecule has 2 rings (SSSR count). The molecule has 138 valence electrons. The van der Waals surface area contributed by atoms with E-state index in [0.29, 0.717) is 22.8 Å². The first-order chi connectivity index (χ1) is 12.5. The van der Waals surface area contributed by atoms with Crippen molar-refractivity contribution in [2.45, 2.75) is 6.54 Å². The van der Waals surface area contributed by atoms with Crippen LogP contribution in [0.15, 0.2) is 36.4 Å². The number of carbonyl (C=O) groups excluding carboxylic acids is 1. The number of ether oxygens (including phenoxy) is 3. The van der Waals surface area contributed by atoms with Crippen LogP contribution in [0, 0.1) is 11.6 Å². The van der Waals surface area contributed by atoms with E-state index in [2.05, 4.69) is 5.32 Å². The highest BCUT2D eigenvalue weighted by atomic mass is 19.1. The Morgan fingerprint density at radius 2 is 1.69 bits per heavy atom. The number of nitrogens with one attached hydrogen (secondary N) is 1. The maximum absolute atomic E-state index is 13.5. The van der Waals surface area contributed by atoms with Gasteiger partial charge in [0.2, 0.25) is 11.7 Å². The van der Waals surface area contributed by atoms with E-state index in [-0.39, 0.29) is 12.1 Å². The lowest BCUT2D eigenvalue weighted by molar-refractivity contribution is -0.116. The van der Waals surface area contributed by atoms with Gasteiger partial charge in [0.15, 0.2) is 11.5 Å². The molecule has 0 radical (unpaired) electrons. The van der Waals surface area contributed by atoms with E-state index in [1.54, 1.807) is 18.2 Å². The zero-order chi connectivity index (χ0) is 19.1. The van der Waals surface area contributed by atoms with E-state index < -0.39 is 17.5 Å². The minimum Gasteiger partial charge on any atom is -0.493 e. The zero-order valence-electron chi connectivity index (χ0n) is 14.6. The predicted octanol–water partition coefficient (Wildman–Crippen LogP) is 3.32. The molecular formula is C19H19F2NO4. The second kappa shape index (κ2) is 8.84. The molecule has 0 heterocycles. The molecule has 0 atom stereocenters. The molecule has 1 N–H and O–H groups in total. The van der Waals surface area contributed by atoms with E-state index in [9.17, 15) is 13.6 Å². The third-order valence-electron chi connectivity index (χ3n) is 3.58. The number of rotatable bonds is 7. The van der Waals surface area contributed by atoms with Gasteiger partial charge in [-0.3, -0.25) is 4.79 Å². The van der Waals surface area contributed by atoms with Gasteiger partial charge in [0.1, 0.15) is 11.6 Å². The van der Waals surface area contributed by atoms with Crippen LogP contribution in [-0.2, 0) is 11.3 Å². The molecular weight excluding hydrogens is 344 g/mol. The van der Waals surface area contributed by atoms with Crippen LogP contribution >= 0.6 is 0 Å².